The van der Waals surface area contributed by atoms with Crippen molar-refractivity contribution < 1.29 is 14.7 Å². The number of nitrogens with zero attached hydrogens (tertiary/aromatic N) is 1. The first-order valence-corrected chi connectivity index (χ1v) is 5.43. The maximum absolute atomic E-state index is 10.9. The van der Waals surface area contributed by atoms with Crippen molar-refractivity contribution in [2.45, 2.75) is 0 Å². The zero-order valence-electron chi connectivity index (χ0n) is 9.83. The summed E-state index contributed by atoms with van der Waals surface area (Å²) in [6, 6.07) is 10.8. The minimum atomic E-state index is -1.13. The van der Waals surface area contributed by atoms with E-state index in [1.165, 1.54) is 6.21 Å². The van der Waals surface area contributed by atoms with E-state index in [9.17, 15) is 14.7 Å². The zero-order chi connectivity index (χ0) is 13.8. The van der Waals surface area contributed by atoms with Gasteiger partial charge in [-0.25, -0.2) is 5.43 Å². The number of amides is 2. The molecule has 0 aliphatic heterocycles. The van der Waals surface area contributed by atoms with Crippen LogP contribution in [-0.2, 0) is 9.59 Å². The van der Waals surface area contributed by atoms with Crippen LogP contribution < -0.4 is 11.2 Å². The summed E-state index contributed by atoms with van der Waals surface area (Å²) in [6.07, 6.45) is 1.24. The van der Waals surface area contributed by atoms with E-state index >= 15 is 0 Å². The SMILES string of the molecule is NC(=O)C(=O)NN=Cc1ccc2ccccc2c1O. The highest BCUT2D eigenvalue weighted by atomic mass is 16.3. The lowest BCUT2D eigenvalue weighted by atomic mass is 10.1. The Balaban J connectivity index is 2.26. The third-order valence-electron chi connectivity index (χ3n) is 2.53. The number of nitrogens with two attached hydrogens (primary N) is 1. The molecule has 96 valence electrons. The molecule has 0 aromatic heterocycles. The number of phenols is 1. The van der Waals surface area contributed by atoms with Crippen LogP contribution in [0.15, 0.2) is 41.5 Å². The lowest BCUT2D eigenvalue weighted by molar-refractivity contribution is -0.137. The van der Waals surface area contributed by atoms with Crippen LogP contribution in [-0.4, -0.2) is 23.1 Å². The lowest BCUT2D eigenvalue weighted by Crippen LogP contribution is -2.32. The summed E-state index contributed by atoms with van der Waals surface area (Å²) < 4.78 is 0. The summed E-state index contributed by atoms with van der Waals surface area (Å²) in [4.78, 5) is 21.3. The Hall–Kier alpha value is -2.89. The first-order valence-electron chi connectivity index (χ1n) is 5.43. The molecule has 19 heavy (non-hydrogen) atoms. The molecule has 6 heteroatoms. The monoisotopic (exact) mass is 257 g/mol. The fraction of sp³-hybridized carbons (Fsp3) is 0. The summed E-state index contributed by atoms with van der Waals surface area (Å²) in [5.41, 5.74) is 7.12. The van der Waals surface area contributed by atoms with Crippen LogP contribution in [0.5, 0.6) is 5.75 Å². The van der Waals surface area contributed by atoms with E-state index in [0.29, 0.717) is 10.9 Å². The molecule has 2 rings (SSSR count). The van der Waals surface area contributed by atoms with Gasteiger partial charge in [-0.05, 0) is 11.5 Å². The van der Waals surface area contributed by atoms with Crippen molar-refractivity contribution in [1.82, 2.24) is 5.43 Å². The van der Waals surface area contributed by atoms with Crippen molar-refractivity contribution in [3.05, 3.63) is 42.0 Å². The zero-order valence-corrected chi connectivity index (χ0v) is 9.83. The number of nitrogens with one attached hydrogen (secondary N) is 1. The molecule has 2 amide bonds. The third-order valence-corrected chi connectivity index (χ3v) is 2.53. The van der Waals surface area contributed by atoms with Gasteiger partial charge in [-0.1, -0.05) is 30.3 Å². The fourth-order valence-corrected chi connectivity index (χ4v) is 1.59. The molecule has 0 aliphatic rings. The molecule has 0 spiro atoms. The van der Waals surface area contributed by atoms with Gasteiger partial charge in [0.15, 0.2) is 0 Å². The number of benzene rings is 2. The summed E-state index contributed by atoms with van der Waals surface area (Å²) in [6.45, 7) is 0. The lowest BCUT2D eigenvalue weighted by Gasteiger charge is -2.03. The van der Waals surface area contributed by atoms with E-state index in [1.54, 1.807) is 18.2 Å². The number of carbonyl (C=O) groups is 2. The van der Waals surface area contributed by atoms with E-state index in [4.69, 9.17) is 5.73 Å². The van der Waals surface area contributed by atoms with Gasteiger partial charge in [0.05, 0.1) is 6.21 Å². The topological polar surface area (TPSA) is 105 Å². The van der Waals surface area contributed by atoms with E-state index in [1.807, 2.05) is 23.6 Å². The predicted molar refractivity (Wildman–Crippen MR) is 70.5 cm³/mol. The number of fused-ring (bicyclic) bond motifs is 1. The van der Waals surface area contributed by atoms with Crippen LogP contribution in [0.4, 0.5) is 0 Å². The molecule has 0 heterocycles. The third kappa shape index (κ3) is 2.68. The molecule has 0 saturated carbocycles. The van der Waals surface area contributed by atoms with E-state index in [0.717, 1.165) is 5.39 Å². The largest absolute Gasteiger partial charge is 0.507 e. The van der Waals surface area contributed by atoms with Gasteiger partial charge in [0.1, 0.15) is 5.75 Å². The average Bonchev–Trinajstić information content (AvgIpc) is 2.41. The number of phenolic OH excluding ortho intramolecular Hbond substituents is 1. The first kappa shape index (κ1) is 12.6. The standard InChI is InChI=1S/C13H11N3O3/c14-12(18)13(19)16-15-7-9-6-5-8-3-1-2-4-10(8)11(9)17/h1-7,17H,(H2,14,18)(H,16,19). The Morgan fingerprint density at radius 2 is 1.95 bits per heavy atom. The summed E-state index contributed by atoms with van der Waals surface area (Å²) in [5, 5.41) is 15.1. The van der Waals surface area contributed by atoms with Crippen molar-refractivity contribution in [2.75, 3.05) is 0 Å². The second kappa shape index (κ2) is 5.18. The van der Waals surface area contributed by atoms with Gasteiger partial charge in [-0.2, -0.15) is 5.10 Å². The molecule has 0 aliphatic carbocycles. The summed E-state index contributed by atoms with van der Waals surface area (Å²) in [5.74, 6) is -2.09. The molecule has 0 saturated heterocycles. The molecule has 0 fully saturated rings. The molecule has 2 aromatic rings. The van der Waals surface area contributed by atoms with Crippen molar-refractivity contribution in [1.29, 1.82) is 0 Å². The summed E-state index contributed by atoms with van der Waals surface area (Å²) >= 11 is 0. The molecule has 0 radical (unpaired) electrons. The Kier molecular flexibility index (Phi) is 3.42. The van der Waals surface area contributed by atoms with Crippen LogP contribution in [0, 0.1) is 0 Å². The van der Waals surface area contributed by atoms with Crippen LogP contribution >= 0.6 is 0 Å². The van der Waals surface area contributed by atoms with Gasteiger partial charge in [0.2, 0.25) is 0 Å². The second-order valence-corrected chi connectivity index (χ2v) is 3.79. The van der Waals surface area contributed by atoms with E-state index in [2.05, 4.69) is 5.10 Å². The molecule has 0 bridgehead atoms. The number of hydrazone groups is 1. The molecule has 4 N–H and O–H groups in total. The number of carbonyl (C=O) groups excluding carboxylic acids is 2. The fourth-order valence-electron chi connectivity index (χ4n) is 1.59. The number of rotatable bonds is 2. The van der Waals surface area contributed by atoms with Crippen molar-refractivity contribution in [3.63, 3.8) is 0 Å². The highest BCUT2D eigenvalue weighted by molar-refractivity contribution is 6.34. The van der Waals surface area contributed by atoms with Crippen LogP contribution in [0.3, 0.4) is 0 Å². The minimum absolute atomic E-state index is 0.0511. The van der Waals surface area contributed by atoms with Gasteiger partial charge < -0.3 is 10.8 Å². The molecule has 6 nitrogen and oxygen atoms in total. The highest BCUT2D eigenvalue weighted by Gasteiger charge is 2.07. The van der Waals surface area contributed by atoms with Gasteiger partial charge >= 0.3 is 11.8 Å². The molecule has 0 atom stereocenters. The van der Waals surface area contributed by atoms with E-state index < -0.39 is 11.8 Å². The van der Waals surface area contributed by atoms with Gasteiger partial charge in [-0.15, -0.1) is 0 Å². The number of hydrogen-bond acceptors (Lipinski definition) is 4. The van der Waals surface area contributed by atoms with Crippen LogP contribution in [0.25, 0.3) is 10.8 Å². The number of hydrogen-bond donors (Lipinski definition) is 3. The van der Waals surface area contributed by atoms with Crippen LogP contribution in [0.1, 0.15) is 5.56 Å². The predicted octanol–water partition coefficient (Wildman–Crippen LogP) is 0.481. The van der Waals surface area contributed by atoms with Gasteiger partial charge in [0.25, 0.3) is 0 Å². The quantitative estimate of drug-likeness (QED) is 0.414. The maximum atomic E-state index is 10.9. The Morgan fingerprint density at radius 1 is 1.21 bits per heavy atom. The Morgan fingerprint density at radius 3 is 2.68 bits per heavy atom. The van der Waals surface area contributed by atoms with Crippen molar-refractivity contribution in [3.8, 4) is 5.75 Å². The second-order valence-electron chi connectivity index (χ2n) is 3.79. The van der Waals surface area contributed by atoms with Crippen molar-refractivity contribution >= 4 is 28.8 Å². The van der Waals surface area contributed by atoms with Gasteiger partial charge in [0, 0.05) is 10.9 Å². The minimum Gasteiger partial charge on any atom is -0.507 e. The highest BCUT2D eigenvalue weighted by Crippen LogP contribution is 2.27. The molecule has 2 aromatic carbocycles. The smallest absolute Gasteiger partial charge is 0.329 e. The number of aromatic hydroxyl groups is 1. The molecular formula is C13H11N3O3. The average molecular weight is 257 g/mol. The molecular weight excluding hydrogens is 246 g/mol. The van der Waals surface area contributed by atoms with Crippen molar-refractivity contribution in [2.24, 2.45) is 10.8 Å². The molecule has 0 unspecified atom stereocenters. The number of primary amides is 1. The van der Waals surface area contributed by atoms with Gasteiger partial charge in [-0.3, -0.25) is 9.59 Å². The Labute approximate surface area is 108 Å². The Bertz CT molecular complexity index is 680. The first-order chi connectivity index (χ1) is 9.09. The summed E-state index contributed by atoms with van der Waals surface area (Å²) in [7, 11) is 0. The van der Waals surface area contributed by atoms with E-state index in [-0.39, 0.29) is 5.75 Å². The normalized spacial score (nSPS) is 10.7. The maximum Gasteiger partial charge on any atom is 0.329 e. The van der Waals surface area contributed by atoms with Crippen LogP contribution in [0.2, 0.25) is 0 Å².